The van der Waals surface area contributed by atoms with Crippen molar-refractivity contribution in [3.63, 3.8) is 0 Å². The average molecular weight is 259 g/mol. The fourth-order valence-electron chi connectivity index (χ4n) is 1.86. The van der Waals surface area contributed by atoms with E-state index in [9.17, 15) is 4.79 Å². The highest BCUT2D eigenvalue weighted by molar-refractivity contribution is 5.67. The lowest BCUT2D eigenvalue weighted by Crippen LogP contribution is -2.16. The second-order valence-corrected chi connectivity index (χ2v) is 4.53. The van der Waals surface area contributed by atoms with Crippen LogP contribution in [0.4, 0.5) is 5.69 Å². The van der Waals surface area contributed by atoms with E-state index >= 15 is 0 Å². The van der Waals surface area contributed by atoms with Gasteiger partial charge in [-0.1, -0.05) is 12.1 Å². The molecule has 0 fully saturated rings. The Kier molecular flexibility index (Phi) is 4.18. The van der Waals surface area contributed by atoms with Crippen molar-refractivity contribution in [3.05, 3.63) is 36.5 Å². The Morgan fingerprint density at radius 2 is 2.11 bits per heavy atom. The lowest BCUT2D eigenvalue weighted by atomic mass is 10.1. The number of H-pyrrole nitrogens is 1. The van der Waals surface area contributed by atoms with Crippen molar-refractivity contribution in [3.8, 4) is 11.3 Å². The molecule has 0 aliphatic carbocycles. The summed E-state index contributed by atoms with van der Waals surface area (Å²) in [6.45, 7) is 1.98. The largest absolute Gasteiger partial charge is 0.481 e. The molecular formula is C14H17N3O2. The van der Waals surface area contributed by atoms with E-state index < -0.39 is 5.97 Å². The molecule has 0 aliphatic rings. The van der Waals surface area contributed by atoms with Crippen LogP contribution in [-0.4, -0.2) is 27.3 Å². The number of nitrogens with zero attached hydrogens (tertiary/aromatic N) is 1. The third-order valence-corrected chi connectivity index (χ3v) is 2.90. The minimum Gasteiger partial charge on any atom is -0.481 e. The molecule has 0 bridgehead atoms. The molecule has 0 radical (unpaired) electrons. The standard InChI is InChI=1S/C14H17N3O2/c1-10(2-7-14(18)19)16-12-5-3-11(4-6-12)13-8-9-15-17-13/h3-6,8-10,16H,2,7H2,1H3,(H,15,17)(H,18,19). The third kappa shape index (κ3) is 3.84. The molecule has 1 atom stereocenters. The molecule has 1 aromatic heterocycles. The van der Waals surface area contributed by atoms with Crippen LogP contribution < -0.4 is 5.32 Å². The minimum atomic E-state index is -0.761. The molecule has 3 N–H and O–H groups in total. The number of benzene rings is 1. The number of aromatic nitrogens is 2. The molecule has 5 heteroatoms. The molecule has 0 spiro atoms. The zero-order chi connectivity index (χ0) is 13.7. The van der Waals surface area contributed by atoms with E-state index in [-0.39, 0.29) is 12.5 Å². The molecule has 2 aromatic rings. The highest BCUT2D eigenvalue weighted by Gasteiger charge is 2.05. The van der Waals surface area contributed by atoms with Crippen LogP contribution in [-0.2, 0) is 4.79 Å². The van der Waals surface area contributed by atoms with Crippen LogP contribution in [0.5, 0.6) is 0 Å². The summed E-state index contributed by atoms with van der Waals surface area (Å²) in [5.41, 5.74) is 3.04. The van der Waals surface area contributed by atoms with E-state index in [1.807, 2.05) is 37.3 Å². The third-order valence-electron chi connectivity index (χ3n) is 2.90. The van der Waals surface area contributed by atoms with Crippen LogP contribution in [0.25, 0.3) is 11.3 Å². The maximum Gasteiger partial charge on any atom is 0.303 e. The lowest BCUT2D eigenvalue weighted by molar-refractivity contribution is -0.137. The summed E-state index contributed by atoms with van der Waals surface area (Å²) in [7, 11) is 0. The summed E-state index contributed by atoms with van der Waals surface area (Å²) in [5.74, 6) is -0.761. The van der Waals surface area contributed by atoms with Gasteiger partial charge in [0.2, 0.25) is 0 Å². The summed E-state index contributed by atoms with van der Waals surface area (Å²) < 4.78 is 0. The Bertz CT molecular complexity index is 520. The number of nitrogens with one attached hydrogen (secondary N) is 2. The number of carboxylic acids is 1. The quantitative estimate of drug-likeness (QED) is 0.745. The number of hydrogen-bond donors (Lipinski definition) is 3. The van der Waals surface area contributed by atoms with Gasteiger partial charge in [0.05, 0.1) is 5.69 Å². The molecule has 2 rings (SSSR count). The van der Waals surface area contributed by atoms with Crippen LogP contribution in [0.2, 0.25) is 0 Å². The number of anilines is 1. The van der Waals surface area contributed by atoms with Crippen LogP contribution in [0.1, 0.15) is 19.8 Å². The number of rotatable bonds is 6. The first-order chi connectivity index (χ1) is 9.15. The van der Waals surface area contributed by atoms with Gasteiger partial charge in [-0.2, -0.15) is 5.10 Å². The van der Waals surface area contributed by atoms with Crippen molar-refractivity contribution in [1.29, 1.82) is 0 Å². The molecule has 0 aliphatic heterocycles. The Labute approximate surface area is 111 Å². The molecule has 0 amide bonds. The van der Waals surface area contributed by atoms with Crippen molar-refractivity contribution in [2.24, 2.45) is 0 Å². The molecule has 1 aromatic carbocycles. The normalized spacial score (nSPS) is 12.1. The molecule has 19 heavy (non-hydrogen) atoms. The van der Waals surface area contributed by atoms with Gasteiger partial charge in [0.15, 0.2) is 0 Å². The molecule has 0 saturated carbocycles. The van der Waals surface area contributed by atoms with Crippen molar-refractivity contribution >= 4 is 11.7 Å². The second-order valence-electron chi connectivity index (χ2n) is 4.53. The Balaban J connectivity index is 1.93. The molecule has 1 heterocycles. The minimum absolute atomic E-state index is 0.133. The summed E-state index contributed by atoms with van der Waals surface area (Å²) >= 11 is 0. The van der Waals surface area contributed by atoms with E-state index in [0.717, 1.165) is 16.9 Å². The van der Waals surface area contributed by atoms with Gasteiger partial charge in [-0.3, -0.25) is 9.89 Å². The maximum atomic E-state index is 10.5. The number of aromatic amines is 1. The second kappa shape index (κ2) is 6.04. The van der Waals surface area contributed by atoms with Crippen LogP contribution in [0, 0.1) is 0 Å². The summed E-state index contributed by atoms with van der Waals surface area (Å²) in [5, 5.41) is 18.7. The number of hydrogen-bond acceptors (Lipinski definition) is 3. The predicted octanol–water partition coefficient (Wildman–Crippen LogP) is 2.74. The van der Waals surface area contributed by atoms with Crippen molar-refractivity contribution in [2.45, 2.75) is 25.8 Å². The van der Waals surface area contributed by atoms with Gasteiger partial charge in [-0.05, 0) is 37.1 Å². The highest BCUT2D eigenvalue weighted by atomic mass is 16.4. The molecule has 5 nitrogen and oxygen atoms in total. The number of aliphatic carboxylic acids is 1. The first-order valence-corrected chi connectivity index (χ1v) is 6.23. The lowest BCUT2D eigenvalue weighted by Gasteiger charge is -2.14. The number of carboxylic acid groups (broad SMARTS) is 1. The number of carbonyl (C=O) groups is 1. The van der Waals surface area contributed by atoms with E-state index in [0.29, 0.717) is 6.42 Å². The molecular weight excluding hydrogens is 242 g/mol. The summed E-state index contributed by atoms with van der Waals surface area (Å²) in [6, 6.07) is 10.0. The topological polar surface area (TPSA) is 78.0 Å². The van der Waals surface area contributed by atoms with Crippen LogP contribution >= 0.6 is 0 Å². The smallest absolute Gasteiger partial charge is 0.303 e. The first-order valence-electron chi connectivity index (χ1n) is 6.23. The Morgan fingerprint density at radius 1 is 1.37 bits per heavy atom. The van der Waals surface area contributed by atoms with Gasteiger partial charge in [0.1, 0.15) is 0 Å². The maximum absolute atomic E-state index is 10.5. The van der Waals surface area contributed by atoms with E-state index in [4.69, 9.17) is 5.11 Å². The monoisotopic (exact) mass is 259 g/mol. The molecule has 100 valence electrons. The zero-order valence-electron chi connectivity index (χ0n) is 10.8. The van der Waals surface area contributed by atoms with Gasteiger partial charge in [-0.15, -0.1) is 0 Å². The van der Waals surface area contributed by atoms with E-state index in [1.165, 1.54) is 0 Å². The van der Waals surface area contributed by atoms with Gasteiger partial charge in [-0.25, -0.2) is 0 Å². The predicted molar refractivity (Wildman–Crippen MR) is 74.0 cm³/mol. The Hall–Kier alpha value is -2.30. The SMILES string of the molecule is CC(CCC(=O)O)Nc1ccc(-c2ccn[nH]2)cc1. The summed E-state index contributed by atoms with van der Waals surface area (Å²) in [6.07, 6.45) is 2.51. The van der Waals surface area contributed by atoms with Crippen molar-refractivity contribution < 1.29 is 9.90 Å². The Morgan fingerprint density at radius 3 is 2.68 bits per heavy atom. The highest BCUT2D eigenvalue weighted by Crippen LogP contribution is 2.19. The summed E-state index contributed by atoms with van der Waals surface area (Å²) in [4.78, 5) is 10.5. The van der Waals surface area contributed by atoms with E-state index in [1.54, 1.807) is 6.20 Å². The van der Waals surface area contributed by atoms with Gasteiger partial charge < -0.3 is 10.4 Å². The average Bonchev–Trinajstić information content (AvgIpc) is 2.91. The van der Waals surface area contributed by atoms with Gasteiger partial charge >= 0.3 is 5.97 Å². The van der Waals surface area contributed by atoms with Gasteiger partial charge in [0, 0.05) is 24.3 Å². The molecule has 1 unspecified atom stereocenters. The van der Waals surface area contributed by atoms with Gasteiger partial charge in [0.25, 0.3) is 0 Å². The van der Waals surface area contributed by atoms with Crippen molar-refractivity contribution in [1.82, 2.24) is 10.2 Å². The first kappa shape index (κ1) is 13.1. The fourth-order valence-corrected chi connectivity index (χ4v) is 1.86. The molecule has 0 saturated heterocycles. The van der Waals surface area contributed by atoms with Crippen LogP contribution in [0.15, 0.2) is 36.5 Å². The van der Waals surface area contributed by atoms with E-state index in [2.05, 4.69) is 15.5 Å². The van der Waals surface area contributed by atoms with Crippen molar-refractivity contribution in [2.75, 3.05) is 5.32 Å². The van der Waals surface area contributed by atoms with Crippen LogP contribution in [0.3, 0.4) is 0 Å². The fraction of sp³-hybridized carbons (Fsp3) is 0.286. The zero-order valence-corrected chi connectivity index (χ0v) is 10.8.